The second-order valence-electron chi connectivity index (χ2n) is 5.92. The molecule has 0 bridgehead atoms. The third-order valence-corrected chi connectivity index (χ3v) is 4.32. The van der Waals surface area contributed by atoms with E-state index in [-0.39, 0.29) is 17.6 Å². The quantitative estimate of drug-likeness (QED) is 0.947. The summed E-state index contributed by atoms with van der Waals surface area (Å²) in [4.78, 5) is 26.6. The highest BCUT2D eigenvalue weighted by molar-refractivity contribution is 6.00. The molecule has 5 heteroatoms. The molecule has 1 saturated heterocycles. The molecule has 2 heterocycles. The van der Waals surface area contributed by atoms with E-state index in [1.807, 2.05) is 32.0 Å². The van der Waals surface area contributed by atoms with Gasteiger partial charge in [0, 0.05) is 12.2 Å². The van der Waals surface area contributed by atoms with E-state index in [0.29, 0.717) is 13.0 Å². The summed E-state index contributed by atoms with van der Waals surface area (Å²) in [7, 11) is 0. The van der Waals surface area contributed by atoms with Crippen molar-refractivity contribution in [1.82, 2.24) is 4.90 Å². The van der Waals surface area contributed by atoms with Crippen LogP contribution in [-0.2, 0) is 4.79 Å². The molecule has 1 aromatic heterocycles. The predicted molar refractivity (Wildman–Crippen MR) is 87.3 cm³/mol. The normalized spacial score (nSPS) is 17.3. The van der Waals surface area contributed by atoms with Crippen molar-refractivity contribution in [1.29, 1.82) is 0 Å². The van der Waals surface area contributed by atoms with Gasteiger partial charge in [-0.3, -0.25) is 9.59 Å². The Morgan fingerprint density at radius 1 is 1.22 bits per heavy atom. The molecule has 1 atom stereocenters. The largest absolute Gasteiger partial charge is 0.459 e. The third-order valence-electron chi connectivity index (χ3n) is 4.32. The number of nitrogens with zero attached hydrogens (tertiary/aromatic N) is 1. The number of amides is 2. The summed E-state index contributed by atoms with van der Waals surface area (Å²) in [5.74, 6) is -0.103. The van der Waals surface area contributed by atoms with Gasteiger partial charge in [0.05, 0.1) is 6.26 Å². The summed E-state index contributed by atoms with van der Waals surface area (Å²) >= 11 is 0. The molecule has 0 saturated carbocycles. The SMILES string of the molecule is Cc1ccc(NC(=O)[C@@H]2CCCN2C(=O)c2ccco2)cc1C. The van der Waals surface area contributed by atoms with Crippen LogP contribution in [0.3, 0.4) is 0 Å². The summed E-state index contributed by atoms with van der Waals surface area (Å²) in [6.07, 6.45) is 2.95. The predicted octanol–water partition coefficient (Wildman–Crippen LogP) is 3.14. The van der Waals surface area contributed by atoms with Crippen LogP contribution in [0.15, 0.2) is 41.0 Å². The zero-order valence-electron chi connectivity index (χ0n) is 13.3. The monoisotopic (exact) mass is 312 g/mol. The minimum Gasteiger partial charge on any atom is -0.459 e. The van der Waals surface area contributed by atoms with E-state index in [0.717, 1.165) is 17.7 Å². The van der Waals surface area contributed by atoms with Crippen molar-refractivity contribution in [3.63, 3.8) is 0 Å². The number of furan rings is 1. The average Bonchev–Trinajstić information content (AvgIpc) is 3.21. The molecular formula is C18H20N2O3. The minimum absolute atomic E-state index is 0.148. The van der Waals surface area contributed by atoms with Gasteiger partial charge in [-0.2, -0.15) is 0 Å². The molecule has 0 radical (unpaired) electrons. The lowest BCUT2D eigenvalue weighted by Gasteiger charge is -2.23. The molecule has 23 heavy (non-hydrogen) atoms. The number of likely N-dealkylation sites (tertiary alicyclic amines) is 1. The summed E-state index contributed by atoms with van der Waals surface area (Å²) < 4.78 is 5.16. The van der Waals surface area contributed by atoms with Crippen LogP contribution in [0.2, 0.25) is 0 Å². The Bertz CT molecular complexity index is 722. The van der Waals surface area contributed by atoms with Crippen molar-refractivity contribution in [3.05, 3.63) is 53.5 Å². The molecule has 120 valence electrons. The molecule has 1 N–H and O–H groups in total. The van der Waals surface area contributed by atoms with E-state index in [9.17, 15) is 9.59 Å². The first-order valence-electron chi connectivity index (χ1n) is 7.79. The van der Waals surface area contributed by atoms with Crippen LogP contribution in [0.4, 0.5) is 5.69 Å². The zero-order valence-corrected chi connectivity index (χ0v) is 13.3. The molecule has 1 fully saturated rings. The molecule has 3 rings (SSSR count). The van der Waals surface area contributed by atoms with Crippen molar-refractivity contribution in [2.24, 2.45) is 0 Å². The first-order chi connectivity index (χ1) is 11.1. The highest BCUT2D eigenvalue weighted by Gasteiger charge is 2.35. The number of hydrogen-bond donors (Lipinski definition) is 1. The maximum Gasteiger partial charge on any atom is 0.290 e. The number of aryl methyl sites for hydroxylation is 2. The van der Waals surface area contributed by atoms with Gasteiger partial charge in [-0.15, -0.1) is 0 Å². The van der Waals surface area contributed by atoms with E-state index in [4.69, 9.17) is 4.42 Å². The minimum atomic E-state index is -0.450. The van der Waals surface area contributed by atoms with Gasteiger partial charge < -0.3 is 14.6 Å². The fourth-order valence-corrected chi connectivity index (χ4v) is 2.87. The number of carbonyl (C=O) groups excluding carboxylic acids is 2. The lowest BCUT2D eigenvalue weighted by molar-refractivity contribution is -0.119. The Hall–Kier alpha value is -2.56. The smallest absolute Gasteiger partial charge is 0.290 e. The molecule has 0 spiro atoms. The van der Waals surface area contributed by atoms with Crippen molar-refractivity contribution in [3.8, 4) is 0 Å². The van der Waals surface area contributed by atoms with Crippen LogP contribution in [0.5, 0.6) is 0 Å². The van der Waals surface area contributed by atoms with E-state index in [2.05, 4.69) is 5.32 Å². The summed E-state index contributed by atoms with van der Waals surface area (Å²) in [5, 5.41) is 2.92. The number of hydrogen-bond acceptors (Lipinski definition) is 3. The van der Waals surface area contributed by atoms with Crippen molar-refractivity contribution < 1.29 is 14.0 Å². The first-order valence-corrected chi connectivity index (χ1v) is 7.79. The van der Waals surface area contributed by atoms with Gasteiger partial charge in [0.15, 0.2) is 5.76 Å². The van der Waals surface area contributed by atoms with Crippen molar-refractivity contribution in [2.45, 2.75) is 32.7 Å². The van der Waals surface area contributed by atoms with Crippen LogP contribution in [0.25, 0.3) is 0 Å². The highest BCUT2D eigenvalue weighted by atomic mass is 16.3. The zero-order chi connectivity index (χ0) is 16.4. The van der Waals surface area contributed by atoms with Crippen LogP contribution in [0, 0.1) is 13.8 Å². The van der Waals surface area contributed by atoms with Crippen LogP contribution in [-0.4, -0.2) is 29.3 Å². The second kappa shape index (κ2) is 6.28. The Morgan fingerprint density at radius 3 is 2.74 bits per heavy atom. The third kappa shape index (κ3) is 3.13. The van der Waals surface area contributed by atoms with Crippen molar-refractivity contribution >= 4 is 17.5 Å². The molecule has 5 nitrogen and oxygen atoms in total. The van der Waals surface area contributed by atoms with Gasteiger partial charge in [-0.25, -0.2) is 0 Å². The Labute approximate surface area is 135 Å². The molecule has 2 aromatic rings. The van der Waals surface area contributed by atoms with Crippen LogP contribution < -0.4 is 5.32 Å². The molecular weight excluding hydrogens is 292 g/mol. The Kier molecular flexibility index (Phi) is 4.19. The van der Waals surface area contributed by atoms with E-state index in [1.54, 1.807) is 17.0 Å². The average molecular weight is 312 g/mol. The van der Waals surface area contributed by atoms with Crippen LogP contribution in [0.1, 0.15) is 34.5 Å². The molecule has 1 aromatic carbocycles. The summed E-state index contributed by atoms with van der Waals surface area (Å²) in [5.41, 5.74) is 3.06. The maximum absolute atomic E-state index is 12.6. The van der Waals surface area contributed by atoms with Gasteiger partial charge in [-0.1, -0.05) is 6.07 Å². The number of benzene rings is 1. The molecule has 1 aliphatic heterocycles. The Balaban J connectivity index is 1.73. The highest BCUT2D eigenvalue weighted by Crippen LogP contribution is 2.22. The van der Waals surface area contributed by atoms with Gasteiger partial charge in [0.25, 0.3) is 5.91 Å². The standard InChI is InChI=1S/C18H20N2O3/c1-12-7-8-14(11-13(12)2)19-17(21)15-5-3-9-20(15)18(22)16-6-4-10-23-16/h4,6-8,10-11,15H,3,5,9H2,1-2H3,(H,19,21)/t15-/m0/s1. The number of anilines is 1. The van der Waals surface area contributed by atoms with Crippen LogP contribution >= 0.6 is 0 Å². The van der Waals surface area contributed by atoms with Gasteiger partial charge >= 0.3 is 0 Å². The molecule has 1 aliphatic rings. The lowest BCUT2D eigenvalue weighted by Crippen LogP contribution is -2.43. The topological polar surface area (TPSA) is 62.6 Å². The molecule has 0 unspecified atom stereocenters. The van der Waals surface area contributed by atoms with E-state index in [1.165, 1.54) is 11.8 Å². The fraction of sp³-hybridized carbons (Fsp3) is 0.333. The second-order valence-corrected chi connectivity index (χ2v) is 5.92. The number of rotatable bonds is 3. The summed E-state index contributed by atoms with van der Waals surface area (Å²) in [6.45, 7) is 4.61. The first kappa shape index (κ1) is 15.3. The van der Waals surface area contributed by atoms with E-state index >= 15 is 0 Å². The number of nitrogens with one attached hydrogen (secondary N) is 1. The summed E-state index contributed by atoms with van der Waals surface area (Å²) in [6, 6.07) is 8.65. The van der Waals surface area contributed by atoms with Gasteiger partial charge in [0.1, 0.15) is 6.04 Å². The Morgan fingerprint density at radius 2 is 2.04 bits per heavy atom. The fourth-order valence-electron chi connectivity index (χ4n) is 2.87. The van der Waals surface area contributed by atoms with Gasteiger partial charge in [0.2, 0.25) is 5.91 Å². The van der Waals surface area contributed by atoms with E-state index < -0.39 is 6.04 Å². The lowest BCUT2D eigenvalue weighted by atomic mass is 10.1. The molecule has 0 aliphatic carbocycles. The molecule has 2 amide bonds. The number of carbonyl (C=O) groups is 2. The van der Waals surface area contributed by atoms with Gasteiger partial charge in [-0.05, 0) is 62.1 Å². The van der Waals surface area contributed by atoms with Crippen molar-refractivity contribution in [2.75, 3.05) is 11.9 Å². The maximum atomic E-state index is 12.6.